The number of fused-ring (bicyclic) bond motifs is 1. The highest BCUT2D eigenvalue weighted by atomic mass is 16.1. The van der Waals surface area contributed by atoms with Crippen LogP contribution in [0.3, 0.4) is 0 Å². The van der Waals surface area contributed by atoms with E-state index < -0.39 is 0 Å². The second-order valence-electron chi connectivity index (χ2n) is 2.72. The van der Waals surface area contributed by atoms with Gasteiger partial charge in [-0.15, -0.1) is 0 Å². The van der Waals surface area contributed by atoms with Gasteiger partial charge in [-0.2, -0.15) is 0 Å². The van der Waals surface area contributed by atoms with Crippen LogP contribution in [0.1, 0.15) is 0 Å². The van der Waals surface area contributed by atoms with Crippen LogP contribution >= 0.6 is 0 Å². The quantitative estimate of drug-likeness (QED) is 0.573. The summed E-state index contributed by atoms with van der Waals surface area (Å²) in [6.07, 6.45) is 7.43. The highest BCUT2D eigenvalue weighted by Gasteiger charge is 2.29. The van der Waals surface area contributed by atoms with Crippen molar-refractivity contribution in [3.05, 3.63) is 24.4 Å². The van der Waals surface area contributed by atoms with Crippen LogP contribution in [0.25, 0.3) is 0 Å². The van der Waals surface area contributed by atoms with Crippen LogP contribution in [-0.2, 0) is 4.79 Å². The summed E-state index contributed by atoms with van der Waals surface area (Å²) in [7, 11) is 0. The van der Waals surface area contributed by atoms with E-state index in [1.807, 2.05) is 24.4 Å². The molecule has 0 aromatic carbocycles. The maximum atomic E-state index is 10.9. The Kier molecular flexibility index (Phi) is 1.46. The zero-order chi connectivity index (χ0) is 8.55. The molecular weight excluding hydrogens is 154 g/mol. The van der Waals surface area contributed by atoms with Crippen molar-refractivity contribution in [1.29, 1.82) is 0 Å². The third-order valence-corrected chi connectivity index (χ3v) is 1.96. The van der Waals surface area contributed by atoms with Crippen molar-refractivity contribution >= 4 is 11.7 Å². The Labute approximate surface area is 70.1 Å². The molecule has 0 aromatic rings. The van der Waals surface area contributed by atoms with Gasteiger partial charge in [-0.05, 0) is 12.2 Å². The molecule has 0 spiro atoms. The fourth-order valence-corrected chi connectivity index (χ4v) is 1.34. The van der Waals surface area contributed by atoms with Crippen molar-refractivity contribution in [2.75, 3.05) is 6.54 Å². The Bertz CT molecular complexity index is 303. The minimum absolute atomic E-state index is 0.291. The molecule has 1 atom stereocenters. The molecule has 2 rings (SSSR count). The molecule has 4 heteroatoms. The highest BCUT2D eigenvalue weighted by molar-refractivity contribution is 6.00. The van der Waals surface area contributed by atoms with Crippen molar-refractivity contribution in [3.63, 3.8) is 0 Å². The fourth-order valence-electron chi connectivity index (χ4n) is 1.34. The van der Waals surface area contributed by atoms with Gasteiger partial charge in [-0.25, -0.2) is 0 Å². The summed E-state index contributed by atoms with van der Waals surface area (Å²) in [4.78, 5) is 16.9. The zero-order valence-corrected chi connectivity index (χ0v) is 6.47. The molecule has 0 saturated carbocycles. The smallest absolute Gasteiger partial charge is 0.242 e. The number of nitrogens with two attached hydrogens (primary N) is 1. The van der Waals surface area contributed by atoms with Crippen molar-refractivity contribution in [1.82, 2.24) is 4.90 Å². The third-order valence-electron chi connectivity index (χ3n) is 1.96. The number of carbonyl (C=O) groups is 1. The molecule has 2 aliphatic heterocycles. The number of carbonyl (C=O) groups excluding carboxylic acids is 1. The first kappa shape index (κ1) is 7.09. The largest absolute Gasteiger partial charge is 0.368 e. The molecule has 0 aromatic heterocycles. The van der Waals surface area contributed by atoms with Crippen LogP contribution in [0.4, 0.5) is 0 Å². The van der Waals surface area contributed by atoms with Crippen molar-refractivity contribution < 1.29 is 4.79 Å². The van der Waals surface area contributed by atoms with E-state index in [9.17, 15) is 4.79 Å². The summed E-state index contributed by atoms with van der Waals surface area (Å²) in [6.45, 7) is 0.472. The fraction of sp³-hybridized carbons (Fsp3) is 0.250. The van der Waals surface area contributed by atoms with Crippen LogP contribution in [0.2, 0.25) is 0 Å². The van der Waals surface area contributed by atoms with E-state index in [0.717, 1.165) is 5.84 Å². The number of primary amides is 1. The van der Waals surface area contributed by atoms with E-state index in [1.54, 1.807) is 4.90 Å². The second kappa shape index (κ2) is 2.48. The first-order chi connectivity index (χ1) is 5.79. The van der Waals surface area contributed by atoms with E-state index >= 15 is 0 Å². The standard InChI is InChI=1S/C8H9N3O/c9-8(12)6-5-10-7-3-1-2-4-11(6)7/h1-4,6H,5H2,(H2,9,12). The lowest BCUT2D eigenvalue weighted by Gasteiger charge is -2.21. The molecule has 0 bridgehead atoms. The Morgan fingerprint density at radius 3 is 3.25 bits per heavy atom. The lowest BCUT2D eigenvalue weighted by Crippen LogP contribution is -2.42. The van der Waals surface area contributed by atoms with Gasteiger partial charge >= 0.3 is 0 Å². The first-order valence-electron chi connectivity index (χ1n) is 3.76. The molecule has 0 fully saturated rings. The van der Waals surface area contributed by atoms with Gasteiger partial charge < -0.3 is 10.6 Å². The molecule has 2 heterocycles. The predicted molar refractivity (Wildman–Crippen MR) is 45.4 cm³/mol. The van der Waals surface area contributed by atoms with E-state index in [-0.39, 0.29) is 11.9 Å². The maximum absolute atomic E-state index is 10.9. The van der Waals surface area contributed by atoms with Gasteiger partial charge in [0.1, 0.15) is 11.9 Å². The van der Waals surface area contributed by atoms with Gasteiger partial charge in [0.2, 0.25) is 5.91 Å². The molecular formula is C8H9N3O. The number of amidine groups is 1. The molecule has 1 amide bonds. The first-order valence-corrected chi connectivity index (χ1v) is 3.76. The summed E-state index contributed by atoms with van der Waals surface area (Å²) >= 11 is 0. The summed E-state index contributed by atoms with van der Waals surface area (Å²) in [6, 6.07) is -0.291. The number of hydrogen-bond donors (Lipinski definition) is 1. The molecule has 0 aliphatic carbocycles. The average molecular weight is 163 g/mol. The van der Waals surface area contributed by atoms with Gasteiger partial charge in [-0.3, -0.25) is 9.79 Å². The number of hydrogen-bond acceptors (Lipinski definition) is 3. The van der Waals surface area contributed by atoms with Gasteiger partial charge in [0, 0.05) is 6.20 Å². The minimum atomic E-state index is -0.325. The normalized spacial score (nSPS) is 25.5. The van der Waals surface area contributed by atoms with Crippen LogP contribution in [0.15, 0.2) is 29.4 Å². The topological polar surface area (TPSA) is 58.7 Å². The SMILES string of the molecule is NC(=O)C1CN=C2C=CC=CN21. The summed E-state index contributed by atoms with van der Waals surface area (Å²) in [5.41, 5.74) is 5.19. The van der Waals surface area contributed by atoms with Crippen molar-refractivity contribution in [2.45, 2.75) is 6.04 Å². The summed E-state index contributed by atoms with van der Waals surface area (Å²) < 4.78 is 0. The maximum Gasteiger partial charge on any atom is 0.242 e. The number of aliphatic imine (C=N–C) groups is 1. The van der Waals surface area contributed by atoms with E-state index in [0.29, 0.717) is 6.54 Å². The van der Waals surface area contributed by atoms with Gasteiger partial charge in [0.25, 0.3) is 0 Å². The van der Waals surface area contributed by atoms with Crippen molar-refractivity contribution in [2.24, 2.45) is 10.7 Å². The Hall–Kier alpha value is -1.58. The monoisotopic (exact) mass is 163 g/mol. The molecule has 4 nitrogen and oxygen atoms in total. The number of rotatable bonds is 1. The minimum Gasteiger partial charge on any atom is -0.368 e. The molecule has 1 unspecified atom stereocenters. The van der Waals surface area contributed by atoms with Crippen LogP contribution in [-0.4, -0.2) is 29.2 Å². The van der Waals surface area contributed by atoms with E-state index in [4.69, 9.17) is 5.73 Å². The number of nitrogens with zero attached hydrogens (tertiary/aromatic N) is 2. The van der Waals surface area contributed by atoms with Gasteiger partial charge in [0.05, 0.1) is 6.54 Å². The van der Waals surface area contributed by atoms with E-state index in [1.165, 1.54) is 0 Å². The Balaban J connectivity index is 2.25. The Morgan fingerprint density at radius 2 is 2.50 bits per heavy atom. The molecule has 2 N–H and O–H groups in total. The highest BCUT2D eigenvalue weighted by Crippen LogP contribution is 2.14. The summed E-state index contributed by atoms with van der Waals surface area (Å²) in [5.74, 6) is 0.495. The number of allylic oxidation sites excluding steroid dienone is 2. The molecule has 62 valence electrons. The lowest BCUT2D eigenvalue weighted by atomic mass is 10.2. The second-order valence-corrected chi connectivity index (χ2v) is 2.72. The zero-order valence-electron chi connectivity index (χ0n) is 6.47. The lowest BCUT2D eigenvalue weighted by molar-refractivity contribution is -0.120. The van der Waals surface area contributed by atoms with Crippen LogP contribution < -0.4 is 5.73 Å². The molecule has 2 aliphatic rings. The summed E-state index contributed by atoms with van der Waals surface area (Å²) in [5, 5.41) is 0. The molecule has 12 heavy (non-hydrogen) atoms. The van der Waals surface area contributed by atoms with Crippen LogP contribution in [0.5, 0.6) is 0 Å². The van der Waals surface area contributed by atoms with Crippen LogP contribution in [0, 0.1) is 0 Å². The number of amides is 1. The van der Waals surface area contributed by atoms with Gasteiger partial charge in [0.15, 0.2) is 0 Å². The average Bonchev–Trinajstić information content (AvgIpc) is 2.47. The predicted octanol–water partition coefficient (Wildman–Crippen LogP) is -0.362. The van der Waals surface area contributed by atoms with Crippen molar-refractivity contribution in [3.8, 4) is 0 Å². The third kappa shape index (κ3) is 0.922. The molecule has 0 radical (unpaired) electrons. The molecule has 0 saturated heterocycles. The Morgan fingerprint density at radius 1 is 1.67 bits per heavy atom. The van der Waals surface area contributed by atoms with Gasteiger partial charge in [-0.1, -0.05) is 6.08 Å². The van der Waals surface area contributed by atoms with E-state index in [2.05, 4.69) is 4.99 Å².